The van der Waals surface area contributed by atoms with Crippen LogP contribution in [0.5, 0.6) is 0 Å². The van der Waals surface area contributed by atoms with E-state index in [0.29, 0.717) is 0 Å². The minimum absolute atomic E-state index is 0.181. The van der Waals surface area contributed by atoms with Crippen LogP contribution < -0.4 is 9.80 Å². The second kappa shape index (κ2) is 19.9. The van der Waals surface area contributed by atoms with Crippen LogP contribution in [-0.2, 0) is 10.8 Å². The SMILES string of the molecule is Cc1cccc(N(c2ccccc2)c2ccc3c(c2)C(C)(C)c2cc(/C=C/c4ccc5c(c4)c4cc(/C=C/c6ccc7c(c6)C(C)(C)c6cc(N(c8ccccc8)c8cccc(C)c8)ccc6-7)ccc4p5-c4ccccc4)ccc2-3)c1. The number of hydrogen-bond donors (Lipinski definition) is 0. The molecule has 0 bridgehead atoms. The molecule has 0 aliphatic heterocycles. The Morgan fingerprint density at radius 3 is 1.04 bits per heavy atom. The van der Waals surface area contributed by atoms with Gasteiger partial charge in [-0.05, 0) is 205 Å². The van der Waals surface area contributed by atoms with Gasteiger partial charge in [0.25, 0.3) is 0 Å². The van der Waals surface area contributed by atoms with Crippen molar-refractivity contribution in [1.29, 1.82) is 0 Å². The zero-order valence-electron chi connectivity index (χ0n) is 46.8. The molecule has 2 nitrogen and oxygen atoms in total. The van der Waals surface area contributed by atoms with Gasteiger partial charge in [0.05, 0.1) is 0 Å². The first-order valence-corrected chi connectivity index (χ1v) is 29.7. The molecule has 0 radical (unpaired) electrons. The fourth-order valence-corrected chi connectivity index (χ4v) is 15.6. The lowest BCUT2D eigenvalue weighted by molar-refractivity contribution is 0.660. The third-order valence-electron chi connectivity index (χ3n) is 17.2. The zero-order valence-corrected chi connectivity index (χ0v) is 47.7. The van der Waals surface area contributed by atoms with E-state index in [-0.39, 0.29) is 10.8 Å². The monoisotopic (exact) mass is 1060 g/mol. The Hall–Kier alpha value is -9.20. The maximum Gasteiger partial charge on any atom is 0.0465 e. The molecule has 1 aromatic heterocycles. The second-order valence-electron chi connectivity index (χ2n) is 23.2. The molecule has 390 valence electrons. The van der Waals surface area contributed by atoms with Crippen molar-refractivity contribution in [2.75, 3.05) is 9.80 Å². The largest absolute Gasteiger partial charge is 0.310 e. The number of fused-ring (bicyclic) bond motifs is 9. The zero-order chi connectivity index (χ0) is 55.0. The molecule has 14 rings (SSSR count). The van der Waals surface area contributed by atoms with Gasteiger partial charge in [-0.2, -0.15) is 0 Å². The van der Waals surface area contributed by atoms with Gasteiger partial charge in [0, 0.05) is 55.2 Å². The molecule has 2 aliphatic carbocycles. The molecule has 0 N–H and O–H groups in total. The van der Waals surface area contributed by atoms with Crippen LogP contribution in [0.2, 0.25) is 0 Å². The van der Waals surface area contributed by atoms with Crippen LogP contribution in [0.25, 0.3) is 72.9 Å². The molecule has 11 aromatic carbocycles. The summed E-state index contributed by atoms with van der Waals surface area (Å²) in [6.45, 7) is 13.9. The van der Waals surface area contributed by atoms with E-state index in [9.17, 15) is 0 Å². The van der Waals surface area contributed by atoms with Gasteiger partial charge in [0.15, 0.2) is 0 Å². The second-order valence-corrected chi connectivity index (χ2v) is 25.4. The van der Waals surface area contributed by atoms with Crippen LogP contribution in [0.15, 0.2) is 249 Å². The average molecular weight is 1060 g/mol. The van der Waals surface area contributed by atoms with E-state index in [1.165, 1.54) is 116 Å². The van der Waals surface area contributed by atoms with Gasteiger partial charge in [0.2, 0.25) is 0 Å². The maximum absolute atomic E-state index is 2.43. The van der Waals surface area contributed by atoms with Crippen LogP contribution in [0, 0.1) is 13.8 Å². The molecule has 0 fully saturated rings. The van der Waals surface area contributed by atoms with Crippen molar-refractivity contribution in [1.82, 2.24) is 0 Å². The Kier molecular flexibility index (Phi) is 12.3. The summed E-state index contributed by atoms with van der Waals surface area (Å²) < 4.78 is 0. The first kappa shape index (κ1) is 50.0. The van der Waals surface area contributed by atoms with Crippen molar-refractivity contribution in [2.45, 2.75) is 52.4 Å². The molecule has 81 heavy (non-hydrogen) atoms. The Morgan fingerprint density at radius 2 is 0.630 bits per heavy atom. The molecule has 0 saturated carbocycles. The number of aryl methyl sites for hydroxylation is 2. The van der Waals surface area contributed by atoms with Crippen LogP contribution in [0.4, 0.5) is 34.1 Å². The average Bonchev–Trinajstić information content (AvgIpc) is 3.72. The number of nitrogens with zero attached hydrogens (tertiary/aromatic N) is 2. The summed E-state index contributed by atoms with van der Waals surface area (Å²) in [7, 11) is -0.701. The molecule has 0 atom stereocenters. The van der Waals surface area contributed by atoms with Crippen molar-refractivity contribution in [3.05, 3.63) is 304 Å². The number of para-hydroxylation sites is 2. The van der Waals surface area contributed by atoms with Crippen molar-refractivity contribution < 1.29 is 0 Å². The molecular formula is C78H63N2P. The Bertz CT molecular complexity index is 4210. The molecule has 2 aliphatic rings. The summed E-state index contributed by atoms with van der Waals surface area (Å²) in [5, 5.41) is 6.89. The maximum atomic E-state index is 2.43. The summed E-state index contributed by atoms with van der Waals surface area (Å²) in [4.78, 5) is 4.76. The van der Waals surface area contributed by atoms with Gasteiger partial charge in [0.1, 0.15) is 0 Å². The van der Waals surface area contributed by atoms with E-state index in [1.807, 2.05) is 0 Å². The Morgan fingerprint density at radius 1 is 0.296 bits per heavy atom. The first-order valence-electron chi connectivity index (χ1n) is 28.4. The van der Waals surface area contributed by atoms with Crippen molar-refractivity contribution in [2.24, 2.45) is 0 Å². The van der Waals surface area contributed by atoms with E-state index in [0.717, 1.165) is 22.7 Å². The molecule has 0 unspecified atom stereocenters. The van der Waals surface area contributed by atoms with E-state index in [1.54, 1.807) is 0 Å². The lowest BCUT2D eigenvalue weighted by Crippen LogP contribution is -2.16. The molecule has 12 aromatic rings. The summed E-state index contributed by atoms with van der Waals surface area (Å²) in [6, 6.07) is 92.6. The minimum atomic E-state index is -0.701. The van der Waals surface area contributed by atoms with Crippen molar-refractivity contribution in [3.8, 4) is 27.6 Å². The van der Waals surface area contributed by atoms with E-state index in [4.69, 9.17) is 0 Å². The quantitative estimate of drug-likeness (QED) is 0.119. The normalized spacial score (nSPS) is 13.7. The topological polar surface area (TPSA) is 6.48 Å². The molecule has 0 saturated heterocycles. The van der Waals surface area contributed by atoms with Gasteiger partial charge in [-0.3, -0.25) is 0 Å². The van der Waals surface area contributed by atoms with E-state index in [2.05, 4.69) is 324 Å². The summed E-state index contributed by atoms with van der Waals surface area (Å²) in [5.41, 5.74) is 24.6. The molecule has 1 heterocycles. The Balaban J connectivity index is 0.763. The highest BCUT2D eigenvalue weighted by atomic mass is 31.1. The fourth-order valence-electron chi connectivity index (χ4n) is 13.1. The smallest absolute Gasteiger partial charge is 0.0465 e. The predicted molar refractivity (Wildman–Crippen MR) is 350 cm³/mol. The standard InChI is InChI=1S/C78H63N2P/c1-52-18-16-24-60(44-52)79(58-20-10-7-11-21-58)62-36-40-67-65-38-32-56(48-71(65)77(3,4)73(67)50-62)30-28-54-34-42-75-69(46-54)70-47-55(35-43-76(70)81(75)64-26-14-9-15-27-64)29-31-57-33-39-66-68-41-37-63(51-74(68)78(5,6)72(66)49-57)80(59-22-12-8-13-23-59)61-25-17-19-53(2)45-61/h7-51H,1-6H3/b30-28+,31-29+. The van der Waals surface area contributed by atoms with Crippen LogP contribution >= 0.6 is 7.53 Å². The van der Waals surface area contributed by atoms with Gasteiger partial charge < -0.3 is 9.80 Å². The number of rotatable bonds is 11. The van der Waals surface area contributed by atoms with Gasteiger partial charge in [-0.1, -0.05) is 211 Å². The third kappa shape index (κ3) is 8.83. The molecule has 0 amide bonds. The highest BCUT2D eigenvalue weighted by Gasteiger charge is 2.38. The van der Waals surface area contributed by atoms with E-state index >= 15 is 0 Å². The lowest BCUT2D eigenvalue weighted by atomic mass is 9.81. The molecular weight excluding hydrogens is 996 g/mol. The minimum Gasteiger partial charge on any atom is -0.310 e. The van der Waals surface area contributed by atoms with Crippen LogP contribution in [0.1, 0.15) is 83.3 Å². The van der Waals surface area contributed by atoms with Crippen molar-refractivity contribution >= 4 is 87.0 Å². The van der Waals surface area contributed by atoms with Crippen LogP contribution in [-0.4, -0.2) is 0 Å². The van der Waals surface area contributed by atoms with Gasteiger partial charge in [-0.25, -0.2) is 0 Å². The van der Waals surface area contributed by atoms with Gasteiger partial charge >= 0.3 is 0 Å². The highest BCUT2D eigenvalue weighted by molar-refractivity contribution is 7.67. The van der Waals surface area contributed by atoms with Gasteiger partial charge in [-0.15, -0.1) is 0 Å². The number of hydrogen-bond acceptors (Lipinski definition) is 2. The lowest BCUT2D eigenvalue weighted by Gasteiger charge is -2.28. The third-order valence-corrected chi connectivity index (χ3v) is 19.8. The molecule has 3 heteroatoms. The fraction of sp³-hybridized carbons (Fsp3) is 0.103. The number of anilines is 6. The summed E-state index contributed by atoms with van der Waals surface area (Å²) in [5.74, 6) is 0. The van der Waals surface area contributed by atoms with Crippen LogP contribution in [0.3, 0.4) is 0 Å². The van der Waals surface area contributed by atoms with E-state index < -0.39 is 7.53 Å². The number of benzene rings is 11. The van der Waals surface area contributed by atoms with Crippen molar-refractivity contribution in [3.63, 3.8) is 0 Å². The first-order chi connectivity index (χ1) is 39.5. The Labute approximate surface area is 478 Å². The predicted octanol–water partition coefficient (Wildman–Crippen LogP) is 22.5. The molecule has 0 spiro atoms. The summed E-state index contributed by atoms with van der Waals surface area (Å²) >= 11 is 0. The highest BCUT2D eigenvalue weighted by Crippen LogP contribution is 2.56. The summed E-state index contributed by atoms with van der Waals surface area (Å²) in [6.07, 6.45) is 9.21.